The molecular weight excluding hydrogens is 270 g/mol. The van der Waals surface area contributed by atoms with Crippen molar-refractivity contribution in [1.29, 1.82) is 0 Å². The van der Waals surface area contributed by atoms with Crippen molar-refractivity contribution in [3.05, 3.63) is 15.6 Å². The Morgan fingerprint density at radius 3 is 2.80 bits per heavy atom. The summed E-state index contributed by atoms with van der Waals surface area (Å²) in [5.74, 6) is 0.0436. The van der Waals surface area contributed by atoms with E-state index in [0.29, 0.717) is 0 Å². The van der Waals surface area contributed by atoms with Crippen LogP contribution in [0.2, 0.25) is 0 Å². The third-order valence-corrected chi connectivity index (χ3v) is 5.21. The standard InChI is InChI=1S/C15H25N3OS/c1-4-5-12-18-11(2)13(20-12)14(19)17-10-15(3)6-8-16-9-7-15/h16H,4-10H2,1-3H3,(H,17,19). The van der Waals surface area contributed by atoms with E-state index in [0.717, 1.165) is 60.9 Å². The van der Waals surface area contributed by atoms with Gasteiger partial charge in [-0.2, -0.15) is 0 Å². The van der Waals surface area contributed by atoms with Crippen molar-refractivity contribution in [2.24, 2.45) is 5.41 Å². The lowest BCUT2D eigenvalue weighted by molar-refractivity contribution is 0.0925. The van der Waals surface area contributed by atoms with Gasteiger partial charge in [-0.15, -0.1) is 11.3 Å². The molecule has 4 nitrogen and oxygen atoms in total. The highest BCUT2D eigenvalue weighted by Crippen LogP contribution is 2.27. The van der Waals surface area contributed by atoms with Crippen LogP contribution in [0.3, 0.4) is 0 Å². The van der Waals surface area contributed by atoms with Crippen molar-refractivity contribution in [2.45, 2.75) is 46.5 Å². The van der Waals surface area contributed by atoms with Gasteiger partial charge in [-0.25, -0.2) is 4.98 Å². The van der Waals surface area contributed by atoms with Crippen LogP contribution in [0.25, 0.3) is 0 Å². The normalized spacial score (nSPS) is 17.9. The lowest BCUT2D eigenvalue weighted by Gasteiger charge is -2.34. The molecule has 0 saturated carbocycles. The minimum atomic E-state index is 0.0436. The third kappa shape index (κ3) is 3.79. The lowest BCUT2D eigenvalue weighted by atomic mass is 9.81. The molecule has 112 valence electrons. The Labute approximate surface area is 125 Å². The average molecular weight is 295 g/mol. The number of nitrogens with one attached hydrogen (secondary N) is 2. The van der Waals surface area contributed by atoms with Crippen molar-refractivity contribution in [1.82, 2.24) is 15.6 Å². The van der Waals surface area contributed by atoms with Crippen molar-refractivity contribution >= 4 is 17.2 Å². The predicted molar refractivity (Wildman–Crippen MR) is 83.4 cm³/mol. The zero-order valence-corrected chi connectivity index (χ0v) is 13.5. The molecule has 0 radical (unpaired) electrons. The van der Waals surface area contributed by atoms with Crippen LogP contribution >= 0.6 is 11.3 Å². The Morgan fingerprint density at radius 1 is 1.45 bits per heavy atom. The summed E-state index contributed by atoms with van der Waals surface area (Å²) in [6.45, 7) is 9.18. The first kappa shape index (κ1) is 15.4. The van der Waals surface area contributed by atoms with Gasteiger partial charge in [0, 0.05) is 6.54 Å². The summed E-state index contributed by atoms with van der Waals surface area (Å²) in [5, 5.41) is 7.55. The Morgan fingerprint density at radius 2 is 2.15 bits per heavy atom. The molecule has 5 heteroatoms. The fourth-order valence-electron chi connectivity index (χ4n) is 2.56. The number of hydrogen-bond donors (Lipinski definition) is 2. The Hall–Kier alpha value is -0.940. The second kappa shape index (κ2) is 6.68. The van der Waals surface area contributed by atoms with E-state index >= 15 is 0 Å². The quantitative estimate of drug-likeness (QED) is 0.877. The van der Waals surface area contributed by atoms with Gasteiger partial charge in [-0.05, 0) is 51.1 Å². The van der Waals surface area contributed by atoms with Crippen LogP contribution in [-0.2, 0) is 6.42 Å². The summed E-state index contributed by atoms with van der Waals surface area (Å²) in [6, 6.07) is 0. The molecule has 2 heterocycles. The highest BCUT2D eigenvalue weighted by atomic mass is 32.1. The van der Waals surface area contributed by atoms with Crippen LogP contribution < -0.4 is 10.6 Å². The van der Waals surface area contributed by atoms with Crippen LogP contribution in [0, 0.1) is 12.3 Å². The van der Waals surface area contributed by atoms with Gasteiger partial charge in [-0.1, -0.05) is 13.8 Å². The van der Waals surface area contributed by atoms with Gasteiger partial charge in [0.05, 0.1) is 10.7 Å². The van der Waals surface area contributed by atoms with Crippen LogP contribution in [0.5, 0.6) is 0 Å². The zero-order valence-electron chi connectivity index (χ0n) is 12.7. The van der Waals surface area contributed by atoms with Gasteiger partial charge in [0.25, 0.3) is 5.91 Å². The molecule has 1 aromatic rings. The molecule has 20 heavy (non-hydrogen) atoms. The number of thiazole rings is 1. The van der Waals surface area contributed by atoms with E-state index in [9.17, 15) is 4.79 Å². The zero-order chi connectivity index (χ0) is 14.6. The van der Waals surface area contributed by atoms with Gasteiger partial charge in [0.1, 0.15) is 4.88 Å². The number of piperidine rings is 1. The number of carbonyl (C=O) groups is 1. The molecule has 0 aliphatic carbocycles. The van der Waals surface area contributed by atoms with Crippen molar-refractivity contribution < 1.29 is 4.79 Å². The smallest absolute Gasteiger partial charge is 0.263 e. The van der Waals surface area contributed by atoms with Gasteiger partial charge in [0.15, 0.2) is 0 Å². The van der Waals surface area contributed by atoms with Gasteiger partial charge in [0.2, 0.25) is 0 Å². The molecule has 2 N–H and O–H groups in total. The average Bonchev–Trinajstić information content (AvgIpc) is 2.78. The molecule has 0 spiro atoms. The molecule has 2 rings (SSSR count). The topological polar surface area (TPSA) is 54.0 Å². The first-order valence-corrected chi connectivity index (χ1v) is 8.31. The number of rotatable bonds is 5. The molecule has 0 bridgehead atoms. The summed E-state index contributed by atoms with van der Waals surface area (Å²) in [5.41, 5.74) is 1.09. The van der Waals surface area contributed by atoms with Crippen molar-refractivity contribution in [3.8, 4) is 0 Å². The van der Waals surface area contributed by atoms with E-state index in [-0.39, 0.29) is 11.3 Å². The third-order valence-electron chi connectivity index (χ3n) is 4.00. The Bertz CT molecular complexity index is 464. The maximum Gasteiger partial charge on any atom is 0.263 e. The molecule has 1 aliphatic rings. The fraction of sp³-hybridized carbons (Fsp3) is 0.733. The summed E-state index contributed by atoms with van der Waals surface area (Å²) in [7, 11) is 0. The molecule has 1 amide bonds. The minimum absolute atomic E-state index is 0.0436. The second-order valence-corrected chi connectivity index (χ2v) is 7.10. The van der Waals surface area contributed by atoms with E-state index in [1.54, 1.807) is 11.3 Å². The van der Waals surface area contributed by atoms with E-state index in [1.165, 1.54) is 0 Å². The maximum absolute atomic E-state index is 12.3. The summed E-state index contributed by atoms with van der Waals surface area (Å²) in [6.07, 6.45) is 4.27. The predicted octanol–water partition coefficient (Wildman–Crippen LogP) is 2.52. The molecule has 1 aromatic heterocycles. The van der Waals surface area contributed by atoms with Crippen LogP contribution in [-0.4, -0.2) is 30.5 Å². The van der Waals surface area contributed by atoms with Crippen molar-refractivity contribution in [2.75, 3.05) is 19.6 Å². The fourth-order valence-corrected chi connectivity index (χ4v) is 3.65. The minimum Gasteiger partial charge on any atom is -0.351 e. The number of hydrogen-bond acceptors (Lipinski definition) is 4. The van der Waals surface area contributed by atoms with Gasteiger partial charge in [-0.3, -0.25) is 4.79 Å². The Kier molecular flexibility index (Phi) is 5.16. The van der Waals surface area contributed by atoms with Crippen molar-refractivity contribution in [3.63, 3.8) is 0 Å². The van der Waals surface area contributed by atoms with Gasteiger partial charge >= 0.3 is 0 Å². The number of aromatic nitrogens is 1. The van der Waals surface area contributed by atoms with Gasteiger partial charge < -0.3 is 10.6 Å². The number of carbonyl (C=O) groups excluding carboxylic acids is 1. The SMILES string of the molecule is CCCc1nc(C)c(C(=O)NCC2(C)CCNCC2)s1. The molecular formula is C15H25N3OS. The largest absolute Gasteiger partial charge is 0.351 e. The summed E-state index contributed by atoms with van der Waals surface area (Å²) in [4.78, 5) is 17.6. The second-order valence-electron chi connectivity index (χ2n) is 6.02. The molecule has 1 saturated heterocycles. The molecule has 0 atom stereocenters. The highest BCUT2D eigenvalue weighted by molar-refractivity contribution is 7.13. The number of aryl methyl sites for hydroxylation is 2. The summed E-state index contributed by atoms with van der Waals surface area (Å²) < 4.78 is 0. The number of amides is 1. The Balaban J connectivity index is 1.94. The molecule has 0 aromatic carbocycles. The van der Waals surface area contributed by atoms with Crippen LogP contribution in [0.4, 0.5) is 0 Å². The molecule has 1 aliphatic heterocycles. The monoisotopic (exact) mass is 295 g/mol. The van der Waals surface area contributed by atoms with E-state index in [1.807, 2.05) is 6.92 Å². The maximum atomic E-state index is 12.3. The van der Waals surface area contributed by atoms with E-state index in [4.69, 9.17) is 0 Å². The molecule has 1 fully saturated rings. The molecule has 0 unspecified atom stereocenters. The van der Waals surface area contributed by atoms with Crippen LogP contribution in [0.1, 0.15) is 53.5 Å². The van der Waals surface area contributed by atoms with E-state index in [2.05, 4.69) is 29.5 Å². The van der Waals surface area contributed by atoms with Crippen LogP contribution in [0.15, 0.2) is 0 Å². The first-order valence-electron chi connectivity index (χ1n) is 7.49. The summed E-state index contributed by atoms with van der Waals surface area (Å²) >= 11 is 1.54. The van der Waals surface area contributed by atoms with E-state index < -0.39 is 0 Å². The number of nitrogens with zero attached hydrogens (tertiary/aromatic N) is 1. The first-order chi connectivity index (χ1) is 9.54. The lowest BCUT2D eigenvalue weighted by Crippen LogP contribution is -2.42. The highest BCUT2D eigenvalue weighted by Gasteiger charge is 2.27.